The number of carbonyl (C=O) groups is 1. The second-order valence-electron chi connectivity index (χ2n) is 5.97. The lowest BCUT2D eigenvalue weighted by molar-refractivity contribution is 0.100. The molecule has 118 valence electrons. The van der Waals surface area contributed by atoms with Crippen molar-refractivity contribution in [3.05, 3.63) is 53.6 Å². The van der Waals surface area contributed by atoms with Gasteiger partial charge in [-0.25, -0.2) is 0 Å². The first-order valence-corrected chi connectivity index (χ1v) is 7.36. The molecule has 1 amide bonds. The predicted octanol–water partition coefficient (Wildman–Crippen LogP) is 1.90. The van der Waals surface area contributed by atoms with Gasteiger partial charge in [-0.3, -0.25) is 4.79 Å². The highest BCUT2D eigenvalue weighted by molar-refractivity contribution is 6.62. The summed E-state index contributed by atoms with van der Waals surface area (Å²) in [7, 11) is 0.578. The van der Waals surface area contributed by atoms with Crippen molar-refractivity contribution in [2.24, 2.45) is 0 Å². The summed E-state index contributed by atoms with van der Waals surface area (Å²) in [6.07, 6.45) is 0. The molecule has 0 saturated carbocycles. The summed E-state index contributed by atoms with van der Waals surface area (Å²) >= 11 is 0. The van der Waals surface area contributed by atoms with Crippen LogP contribution in [-0.4, -0.2) is 25.2 Å². The fraction of sp³-hybridized carbons (Fsp3) is 0.235. The molecule has 0 bridgehead atoms. The molecule has 0 aromatic heterocycles. The number of ether oxygens (including phenoxy) is 1. The maximum absolute atomic E-state index is 12.3. The quantitative estimate of drug-likeness (QED) is 0.850. The Kier molecular flexibility index (Phi) is 3.87. The van der Waals surface area contributed by atoms with Crippen molar-refractivity contribution in [2.75, 3.05) is 12.4 Å². The van der Waals surface area contributed by atoms with Gasteiger partial charge in [0, 0.05) is 11.3 Å². The van der Waals surface area contributed by atoms with Gasteiger partial charge in [0.05, 0.1) is 12.7 Å². The van der Waals surface area contributed by atoms with E-state index in [-0.39, 0.29) is 5.91 Å². The van der Waals surface area contributed by atoms with E-state index in [2.05, 4.69) is 5.32 Å². The van der Waals surface area contributed by atoms with Crippen molar-refractivity contribution in [3.63, 3.8) is 0 Å². The van der Waals surface area contributed by atoms with Gasteiger partial charge in [-0.1, -0.05) is 12.1 Å². The Labute approximate surface area is 135 Å². The summed E-state index contributed by atoms with van der Waals surface area (Å²) in [5.74, 6) is 0.383. The Morgan fingerprint density at radius 3 is 2.78 bits per heavy atom. The van der Waals surface area contributed by atoms with Crippen molar-refractivity contribution in [1.82, 2.24) is 0 Å². The smallest absolute Gasteiger partial charge is 0.492 e. The minimum absolute atomic E-state index is 0.239. The molecule has 0 fully saturated rings. The second kappa shape index (κ2) is 5.72. The Bertz CT molecular complexity index is 760. The van der Waals surface area contributed by atoms with Gasteiger partial charge in [0.1, 0.15) is 5.75 Å². The molecular formula is C17H18BNO4. The number of fused-ring (bicyclic) bond motifs is 1. The fourth-order valence-electron chi connectivity index (χ4n) is 2.77. The molecule has 0 spiro atoms. The van der Waals surface area contributed by atoms with Crippen LogP contribution in [0.15, 0.2) is 42.5 Å². The number of hydrogen-bond donors (Lipinski definition) is 2. The summed E-state index contributed by atoms with van der Waals surface area (Å²) in [6, 6.07) is 12.3. The zero-order valence-electron chi connectivity index (χ0n) is 13.3. The maximum atomic E-state index is 12.3. The number of nitrogens with one attached hydrogen (secondary N) is 1. The van der Waals surface area contributed by atoms with Gasteiger partial charge < -0.3 is 19.7 Å². The fourth-order valence-corrected chi connectivity index (χ4v) is 2.77. The van der Waals surface area contributed by atoms with Crippen LogP contribution in [0.2, 0.25) is 0 Å². The standard InChI is InChI=1S/C17H18BNO4/c1-17(2)14-8-7-12(10-15(14)18(21)23-17)19-16(20)11-5-4-6-13(9-11)22-3/h4-10,21H,1-3H3,(H,19,20). The minimum Gasteiger partial charge on any atom is -0.497 e. The van der Waals surface area contributed by atoms with E-state index < -0.39 is 12.7 Å². The van der Waals surface area contributed by atoms with Crippen molar-refractivity contribution in [3.8, 4) is 5.75 Å². The highest BCUT2D eigenvalue weighted by Gasteiger charge is 2.40. The van der Waals surface area contributed by atoms with Gasteiger partial charge in [-0.15, -0.1) is 0 Å². The molecule has 0 aliphatic carbocycles. The van der Waals surface area contributed by atoms with Crippen molar-refractivity contribution < 1.29 is 19.2 Å². The van der Waals surface area contributed by atoms with Crippen LogP contribution in [0.25, 0.3) is 0 Å². The van der Waals surface area contributed by atoms with E-state index in [4.69, 9.17) is 9.39 Å². The second-order valence-corrected chi connectivity index (χ2v) is 5.97. The van der Waals surface area contributed by atoms with Gasteiger partial charge in [0.15, 0.2) is 0 Å². The summed E-state index contributed by atoms with van der Waals surface area (Å²) in [4.78, 5) is 12.3. The number of hydrogen-bond acceptors (Lipinski definition) is 4. The molecule has 1 heterocycles. The monoisotopic (exact) mass is 311 g/mol. The van der Waals surface area contributed by atoms with Gasteiger partial charge in [0.2, 0.25) is 0 Å². The van der Waals surface area contributed by atoms with Gasteiger partial charge >= 0.3 is 7.12 Å². The topological polar surface area (TPSA) is 67.8 Å². The van der Waals surface area contributed by atoms with Crippen LogP contribution in [0, 0.1) is 0 Å². The largest absolute Gasteiger partial charge is 0.497 e. The first kappa shape index (κ1) is 15.6. The first-order valence-electron chi connectivity index (χ1n) is 7.36. The van der Waals surface area contributed by atoms with E-state index in [0.717, 1.165) is 5.56 Å². The average molecular weight is 311 g/mol. The lowest BCUT2D eigenvalue weighted by Gasteiger charge is -2.19. The highest BCUT2D eigenvalue weighted by Crippen LogP contribution is 2.30. The molecule has 1 aliphatic rings. The molecule has 1 aliphatic heterocycles. The zero-order valence-corrected chi connectivity index (χ0v) is 13.3. The van der Waals surface area contributed by atoms with Crippen LogP contribution in [0.1, 0.15) is 29.8 Å². The van der Waals surface area contributed by atoms with Crippen molar-refractivity contribution in [1.29, 1.82) is 0 Å². The number of amides is 1. The first-order chi connectivity index (χ1) is 10.9. The normalized spacial score (nSPS) is 15.2. The molecule has 0 unspecified atom stereocenters. The van der Waals surface area contributed by atoms with Crippen molar-refractivity contribution >= 4 is 24.2 Å². The molecule has 6 heteroatoms. The molecule has 2 aromatic rings. The number of benzene rings is 2. The Morgan fingerprint density at radius 1 is 1.26 bits per heavy atom. The summed E-state index contributed by atoms with van der Waals surface area (Å²) < 4.78 is 10.6. The van der Waals surface area contributed by atoms with Crippen molar-refractivity contribution in [2.45, 2.75) is 19.4 Å². The number of rotatable bonds is 3. The lowest BCUT2D eigenvalue weighted by Crippen LogP contribution is -2.29. The molecule has 5 nitrogen and oxygen atoms in total. The molecule has 0 radical (unpaired) electrons. The van der Waals surface area contributed by atoms with Crippen LogP contribution >= 0.6 is 0 Å². The Morgan fingerprint density at radius 2 is 2.04 bits per heavy atom. The number of carbonyl (C=O) groups excluding carboxylic acids is 1. The SMILES string of the molecule is COc1cccc(C(=O)Nc2ccc3c(c2)B(O)OC3(C)C)c1. The van der Waals surface area contributed by atoms with Gasteiger partial charge in [0.25, 0.3) is 5.91 Å². The van der Waals surface area contributed by atoms with E-state index >= 15 is 0 Å². The average Bonchev–Trinajstić information content (AvgIpc) is 2.76. The maximum Gasteiger partial charge on any atom is 0.492 e. The molecule has 2 N–H and O–H groups in total. The molecular weight excluding hydrogens is 293 g/mol. The molecule has 0 saturated heterocycles. The zero-order chi connectivity index (χ0) is 16.6. The van der Waals surface area contributed by atoms with Crippen LogP contribution in [0.5, 0.6) is 5.75 Å². The Hall–Kier alpha value is -2.31. The highest BCUT2D eigenvalue weighted by atomic mass is 16.5. The summed E-state index contributed by atoms with van der Waals surface area (Å²) in [5, 5.41) is 12.8. The number of methoxy groups -OCH3 is 1. The third kappa shape index (κ3) is 2.95. The Balaban J connectivity index is 1.84. The van der Waals surface area contributed by atoms with E-state index in [1.807, 2.05) is 19.9 Å². The van der Waals surface area contributed by atoms with Crippen LogP contribution in [0.3, 0.4) is 0 Å². The van der Waals surface area contributed by atoms with Gasteiger partial charge in [-0.2, -0.15) is 0 Å². The molecule has 3 rings (SSSR count). The minimum atomic E-state index is -0.978. The predicted molar refractivity (Wildman–Crippen MR) is 89.1 cm³/mol. The molecule has 23 heavy (non-hydrogen) atoms. The van der Waals surface area contributed by atoms with Crippen LogP contribution in [-0.2, 0) is 10.3 Å². The number of anilines is 1. The lowest BCUT2D eigenvalue weighted by atomic mass is 9.78. The van der Waals surface area contributed by atoms with E-state index in [1.165, 1.54) is 0 Å². The van der Waals surface area contributed by atoms with Crippen LogP contribution < -0.4 is 15.5 Å². The van der Waals surface area contributed by atoms with Crippen LogP contribution in [0.4, 0.5) is 5.69 Å². The van der Waals surface area contributed by atoms with E-state index in [1.54, 1.807) is 43.5 Å². The third-order valence-electron chi connectivity index (χ3n) is 3.96. The molecule has 2 aromatic carbocycles. The third-order valence-corrected chi connectivity index (χ3v) is 3.96. The summed E-state index contributed by atoms with van der Waals surface area (Å²) in [5.41, 5.74) is 2.17. The van der Waals surface area contributed by atoms with E-state index in [9.17, 15) is 9.82 Å². The summed E-state index contributed by atoms with van der Waals surface area (Å²) in [6.45, 7) is 3.80. The van der Waals surface area contributed by atoms with E-state index in [0.29, 0.717) is 22.5 Å². The molecule has 0 atom stereocenters. The van der Waals surface area contributed by atoms with Gasteiger partial charge in [-0.05, 0) is 55.2 Å².